The highest BCUT2D eigenvalue weighted by Gasteiger charge is 2.35. The number of hydrogen-bond acceptors (Lipinski definition) is 5. The number of fused-ring (bicyclic) bond motifs is 8. The number of carbonyl (C=O) groups excluding carboxylic acids is 1. The molecular formula is C70H77N5O2. The van der Waals surface area contributed by atoms with E-state index < -0.39 is 0 Å². The van der Waals surface area contributed by atoms with Crippen LogP contribution in [0.1, 0.15) is 174 Å². The molecule has 7 heteroatoms. The average Bonchev–Trinajstić information content (AvgIpc) is 4.25. The number of hydrogen-bond donors (Lipinski definition) is 2. The van der Waals surface area contributed by atoms with Crippen molar-refractivity contribution in [2.45, 2.75) is 142 Å². The fourth-order valence-corrected chi connectivity index (χ4v) is 11.1. The lowest BCUT2D eigenvalue weighted by Gasteiger charge is -2.25. The maximum absolute atomic E-state index is 12.3. The molecule has 0 radical (unpaired) electrons. The first-order chi connectivity index (χ1) is 37.5. The lowest BCUT2D eigenvalue weighted by Crippen LogP contribution is -2.25. The topological polar surface area (TPSA) is 86.9 Å². The van der Waals surface area contributed by atoms with Crippen molar-refractivity contribution in [3.05, 3.63) is 184 Å². The number of ether oxygens (including phenoxy) is 1. The summed E-state index contributed by atoms with van der Waals surface area (Å²) in [5.74, 6) is 14.0. The monoisotopic (exact) mass is 1020 g/mol. The summed E-state index contributed by atoms with van der Waals surface area (Å²) >= 11 is 0. The van der Waals surface area contributed by atoms with Crippen LogP contribution < -0.4 is 4.90 Å². The lowest BCUT2D eigenvalue weighted by molar-refractivity contribution is 0.0600. The van der Waals surface area contributed by atoms with E-state index in [0.717, 1.165) is 102 Å². The van der Waals surface area contributed by atoms with E-state index in [1.165, 1.54) is 89.8 Å². The van der Waals surface area contributed by atoms with Gasteiger partial charge in [-0.2, -0.15) is 0 Å². The fourth-order valence-electron chi connectivity index (χ4n) is 11.1. The van der Waals surface area contributed by atoms with Gasteiger partial charge in [0.1, 0.15) is 0 Å². The molecule has 7 aromatic rings. The molecule has 0 saturated carbocycles. The smallest absolute Gasteiger partial charge is 0.337 e. The number of methoxy groups -OCH3 is 1. The van der Waals surface area contributed by atoms with Gasteiger partial charge < -0.3 is 19.6 Å². The van der Waals surface area contributed by atoms with Crippen molar-refractivity contribution in [3.63, 3.8) is 0 Å². The van der Waals surface area contributed by atoms with Crippen molar-refractivity contribution in [3.8, 4) is 45.9 Å². The van der Waals surface area contributed by atoms with Crippen LogP contribution in [-0.4, -0.2) is 46.1 Å². The van der Waals surface area contributed by atoms with Gasteiger partial charge in [0.2, 0.25) is 0 Å². The summed E-state index contributed by atoms with van der Waals surface area (Å²) in [4.78, 5) is 34.1. The Bertz CT molecular complexity index is 3400. The standard InChI is InChI=1S/C70H77N5O2/c1-8-10-12-14-16-24-46-75(47-25-17-15-13-11-9-2)55-38-32-51(33-39-55)35-41-57-59-43-45-61(72-59)65(53-28-22-19-23-29-53)66-69(3,4)48-62(73-66)56(40-34-50-30-36-54(37-31-50)68(76)77-7)58-42-44-60(71-58)64(52-26-20-18-21-27-52)67-70(5,6)49-63(57)74-67/h18-23,26-33,36-39,42-45,71-72H,8-17,24-25,46-49H2,1-7H3. The van der Waals surface area contributed by atoms with Crippen LogP contribution in [0.25, 0.3) is 44.3 Å². The van der Waals surface area contributed by atoms with Crippen molar-refractivity contribution in [2.24, 2.45) is 0 Å². The zero-order chi connectivity index (χ0) is 53.8. The SMILES string of the molecule is CCCCCCCCN(CCCCCCCC)c1ccc(C#Cc2c3nc(c(-c4ccccc4)c4ccc([nH]4)c(C#Cc4ccc(C(=O)OC)cc4)c4nc(c(-c5ccccc5)c5ccc2[nH]5)C(C)(C)C4)C(C)(C)C3)cc1. The Hall–Kier alpha value is -7.61. The number of rotatable bonds is 18. The molecule has 8 bridgehead atoms. The van der Waals surface area contributed by atoms with Gasteiger partial charge in [0, 0.05) is 75.7 Å². The summed E-state index contributed by atoms with van der Waals surface area (Å²) in [7, 11) is 1.39. The van der Waals surface area contributed by atoms with Crippen LogP contribution in [0.3, 0.4) is 0 Å². The maximum atomic E-state index is 12.3. The second-order valence-corrected chi connectivity index (χ2v) is 22.4. The third-order valence-corrected chi connectivity index (χ3v) is 15.4. The zero-order valence-corrected chi connectivity index (χ0v) is 46.7. The first-order valence-corrected chi connectivity index (χ1v) is 28.4. The molecular weight excluding hydrogens is 943 g/mol. The van der Waals surface area contributed by atoms with Crippen LogP contribution in [0.4, 0.5) is 5.69 Å². The number of carbonyl (C=O) groups is 1. The molecule has 394 valence electrons. The van der Waals surface area contributed by atoms with Crippen molar-refractivity contribution in [1.29, 1.82) is 0 Å². The molecule has 0 amide bonds. The minimum atomic E-state index is -0.382. The third-order valence-electron chi connectivity index (χ3n) is 15.4. The van der Waals surface area contributed by atoms with Gasteiger partial charge in [-0.05, 0) is 96.8 Å². The van der Waals surface area contributed by atoms with E-state index in [2.05, 4.69) is 189 Å². The van der Waals surface area contributed by atoms with E-state index in [-0.39, 0.29) is 16.8 Å². The first-order valence-electron chi connectivity index (χ1n) is 28.4. The minimum absolute atomic E-state index is 0.355. The normalized spacial score (nSPS) is 13.3. The highest BCUT2D eigenvalue weighted by molar-refractivity contribution is 5.90. The summed E-state index contributed by atoms with van der Waals surface area (Å²) in [5.41, 5.74) is 16.2. The zero-order valence-electron chi connectivity index (χ0n) is 46.7. The van der Waals surface area contributed by atoms with E-state index >= 15 is 0 Å². The van der Waals surface area contributed by atoms with Gasteiger partial charge in [-0.15, -0.1) is 0 Å². The van der Waals surface area contributed by atoms with Gasteiger partial charge in [-0.1, -0.05) is 190 Å². The highest BCUT2D eigenvalue weighted by atomic mass is 16.5. The molecule has 2 aliphatic heterocycles. The molecule has 5 heterocycles. The molecule has 0 fully saturated rings. The number of aromatic amines is 2. The van der Waals surface area contributed by atoms with Gasteiger partial charge in [-0.3, -0.25) is 9.97 Å². The first kappa shape index (κ1) is 54.2. The van der Waals surface area contributed by atoms with Crippen molar-refractivity contribution < 1.29 is 9.53 Å². The number of esters is 1. The van der Waals surface area contributed by atoms with Crippen LogP contribution in [0.15, 0.2) is 133 Å². The Kier molecular flexibility index (Phi) is 17.6. The average molecular weight is 1020 g/mol. The van der Waals surface area contributed by atoms with Crippen molar-refractivity contribution in [2.75, 3.05) is 25.1 Å². The molecule has 0 aliphatic carbocycles. The van der Waals surface area contributed by atoms with Crippen molar-refractivity contribution >= 4 is 33.7 Å². The molecule has 2 N–H and O–H groups in total. The predicted octanol–water partition coefficient (Wildman–Crippen LogP) is 16.8. The molecule has 0 saturated heterocycles. The van der Waals surface area contributed by atoms with Gasteiger partial charge in [0.25, 0.3) is 0 Å². The van der Waals surface area contributed by atoms with Gasteiger partial charge >= 0.3 is 5.97 Å². The number of H-pyrrole nitrogens is 2. The van der Waals surface area contributed by atoms with Gasteiger partial charge in [0.05, 0.1) is 57.6 Å². The van der Waals surface area contributed by atoms with E-state index in [0.29, 0.717) is 18.4 Å². The Morgan fingerprint density at radius 1 is 0.506 bits per heavy atom. The fraction of sp³-hybridized carbons (Fsp3) is 0.357. The molecule has 9 rings (SSSR count). The van der Waals surface area contributed by atoms with E-state index in [4.69, 9.17) is 14.7 Å². The molecule has 0 unspecified atom stereocenters. The quantitative estimate of drug-likeness (QED) is 0.0508. The summed E-state index contributed by atoms with van der Waals surface area (Å²) < 4.78 is 4.97. The van der Waals surface area contributed by atoms with E-state index in [9.17, 15) is 4.79 Å². The Labute approximate surface area is 458 Å². The number of aromatic nitrogens is 4. The molecule has 7 nitrogen and oxygen atoms in total. The summed E-state index contributed by atoms with van der Waals surface area (Å²) in [5, 5.41) is 0. The Morgan fingerprint density at radius 3 is 1.34 bits per heavy atom. The molecule has 4 aromatic carbocycles. The number of nitrogens with zero attached hydrogens (tertiary/aromatic N) is 3. The molecule has 0 spiro atoms. The number of benzene rings is 4. The van der Waals surface area contributed by atoms with E-state index in [1.54, 1.807) is 12.1 Å². The predicted molar refractivity (Wildman–Crippen MR) is 320 cm³/mol. The van der Waals surface area contributed by atoms with Crippen LogP contribution >= 0.6 is 0 Å². The highest BCUT2D eigenvalue weighted by Crippen LogP contribution is 2.43. The molecule has 77 heavy (non-hydrogen) atoms. The number of nitrogens with one attached hydrogen (secondary N) is 2. The molecule has 2 aliphatic rings. The second kappa shape index (κ2) is 25.0. The largest absolute Gasteiger partial charge is 0.465 e. The van der Waals surface area contributed by atoms with Crippen LogP contribution in [0.2, 0.25) is 0 Å². The van der Waals surface area contributed by atoms with Crippen molar-refractivity contribution in [1.82, 2.24) is 19.9 Å². The second-order valence-electron chi connectivity index (χ2n) is 22.4. The van der Waals surface area contributed by atoms with Crippen LogP contribution in [-0.2, 0) is 28.4 Å². The minimum Gasteiger partial charge on any atom is -0.465 e. The third kappa shape index (κ3) is 13.0. The van der Waals surface area contributed by atoms with Gasteiger partial charge in [-0.25, -0.2) is 4.79 Å². The van der Waals surface area contributed by atoms with Gasteiger partial charge in [0.15, 0.2) is 0 Å². The Morgan fingerprint density at radius 2 is 0.909 bits per heavy atom. The summed E-state index contributed by atoms with van der Waals surface area (Å²) in [6.45, 7) is 15.9. The number of anilines is 1. The van der Waals surface area contributed by atoms with Crippen LogP contribution in [0, 0.1) is 23.7 Å². The molecule has 3 aromatic heterocycles. The lowest BCUT2D eigenvalue weighted by atomic mass is 9.82. The van der Waals surface area contributed by atoms with Crippen LogP contribution in [0.5, 0.6) is 0 Å². The number of unbranched alkanes of at least 4 members (excludes halogenated alkanes) is 10. The molecule has 0 atom stereocenters. The van der Waals surface area contributed by atoms with E-state index in [1.807, 2.05) is 12.1 Å². The summed E-state index contributed by atoms with van der Waals surface area (Å²) in [6.07, 6.45) is 16.9. The maximum Gasteiger partial charge on any atom is 0.337 e. The summed E-state index contributed by atoms with van der Waals surface area (Å²) in [6, 6.07) is 46.1. The Balaban J connectivity index is 1.23.